The predicted molar refractivity (Wildman–Crippen MR) is 99.7 cm³/mol. The first-order valence-corrected chi connectivity index (χ1v) is 10.7. The molecule has 1 aliphatic rings. The summed E-state index contributed by atoms with van der Waals surface area (Å²) in [5.74, 6) is 0.571. The number of carbonyl (C=O) groups excluding carboxylic acids is 1. The van der Waals surface area contributed by atoms with Crippen molar-refractivity contribution >= 4 is 15.9 Å². The van der Waals surface area contributed by atoms with Crippen LogP contribution >= 0.6 is 0 Å². The van der Waals surface area contributed by atoms with E-state index >= 15 is 0 Å². The van der Waals surface area contributed by atoms with Crippen molar-refractivity contribution in [2.24, 2.45) is 0 Å². The average molecular weight is 384 g/mol. The van der Waals surface area contributed by atoms with Crippen LogP contribution in [0.4, 0.5) is 0 Å². The van der Waals surface area contributed by atoms with E-state index in [0.717, 1.165) is 30.8 Å². The highest BCUT2D eigenvalue weighted by atomic mass is 32.2. The molecule has 1 amide bonds. The van der Waals surface area contributed by atoms with E-state index in [2.05, 4.69) is 5.32 Å². The molecular formula is C18H28N2O5S. The number of rotatable bonds is 10. The van der Waals surface area contributed by atoms with Crippen molar-refractivity contribution in [1.82, 2.24) is 9.62 Å². The molecule has 0 bridgehead atoms. The molecular weight excluding hydrogens is 356 g/mol. The van der Waals surface area contributed by atoms with Gasteiger partial charge in [-0.05, 0) is 30.9 Å². The summed E-state index contributed by atoms with van der Waals surface area (Å²) in [6.45, 7) is 1.69. The molecule has 1 N–H and O–H groups in total. The zero-order chi connectivity index (χ0) is 19.0. The number of para-hydroxylation sites is 1. The van der Waals surface area contributed by atoms with E-state index in [1.807, 2.05) is 24.3 Å². The van der Waals surface area contributed by atoms with Crippen LogP contribution in [-0.4, -0.2) is 64.3 Å². The molecule has 0 aliphatic carbocycles. The Morgan fingerprint density at radius 2 is 2.12 bits per heavy atom. The Labute approximate surface area is 155 Å². The number of hydrogen-bond donors (Lipinski definition) is 1. The van der Waals surface area contributed by atoms with Gasteiger partial charge in [0.05, 0.1) is 19.5 Å². The summed E-state index contributed by atoms with van der Waals surface area (Å²) in [6.07, 6.45) is 3.87. The summed E-state index contributed by atoms with van der Waals surface area (Å²) in [7, 11) is -1.80. The van der Waals surface area contributed by atoms with Crippen molar-refractivity contribution in [3.8, 4) is 5.75 Å². The van der Waals surface area contributed by atoms with Crippen LogP contribution in [-0.2, 0) is 26.0 Å². The van der Waals surface area contributed by atoms with Crippen molar-refractivity contribution in [2.75, 3.05) is 39.6 Å². The third kappa shape index (κ3) is 6.59. The van der Waals surface area contributed by atoms with Gasteiger partial charge in [0.2, 0.25) is 15.9 Å². The Morgan fingerprint density at radius 1 is 1.35 bits per heavy atom. The van der Waals surface area contributed by atoms with Crippen LogP contribution < -0.4 is 10.1 Å². The quantitative estimate of drug-likeness (QED) is 0.655. The maximum atomic E-state index is 12.0. The molecule has 26 heavy (non-hydrogen) atoms. The SMILES string of the molecule is COc1ccccc1CCN(CCC(=O)NCC1CCCO1)S(C)(=O)=O. The Hall–Kier alpha value is -1.64. The molecule has 1 unspecified atom stereocenters. The van der Waals surface area contributed by atoms with E-state index in [4.69, 9.17) is 9.47 Å². The molecule has 1 atom stereocenters. The van der Waals surface area contributed by atoms with Gasteiger partial charge >= 0.3 is 0 Å². The Kier molecular flexibility index (Phi) is 7.86. The van der Waals surface area contributed by atoms with Gasteiger partial charge in [-0.25, -0.2) is 12.7 Å². The van der Waals surface area contributed by atoms with E-state index in [-0.39, 0.29) is 25.0 Å². The van der Waals surface area contributed by atoms with Crippen LogP contribution in [0.15, 0.2) is 24.3 Å². The van der Waals surface area contributed by atoms with Crippen molar-refractivity contribution in [3.63, 3.8) is 0 Å². The van der Waals surface area contributed by atoms with Gasteiger partial charge in [-0.15, -0.1) is 0 Å². The summed E-state index contributed by atoms with van der Waals surface area (Å²) in [5.41, 5.74) is 0.937. The lowest BCUT2D eigenvalue weighted by Crippen LogP contribution is -2.37. The molecule has 1 heterocycles. The monoisotopic (exact) mass is 384 g/mol. The number of nitrogens with zero attached hydrogens (tertiary/aromatic N) is 1. The second-order valence-corrected chi connectivity index (χ2v) is 8.40. The Balaban J connectivity index is 1.84. The summed E-state index contributed by atoms with van der Waals surface area (Å²) >= 11 is 0. The fourth-order valence-electron chi connectivity index (χ4n) is 2.95. The number of methoxy groups -OCH3 is 1. The van der Waals surface area contributed by atoms with Crippen molar-refractivity contribution in [1.29, 1.82) is 0 Å². The normalized spacial score (nSPS) is 17.4. The highest BCUT2D eigenvalue weighted by Gasteiger charge is 2.20. The van der Waals surface area contributed by atoms with Crippen LogP contribution in [0, 0.1) is 0 Å². The number of amides is 1. The van der Waals surface area contributed by atoms with Crippen LogP contribution in [0.1, 0.15) is 24.8 Å². The van der Waals surface area contributed by atoms with Gasteiger partial charge in [0.25, 0.3) is 0 Å². The van der Waals surface area contributed by atoms with Gasteiger partial charge in [0.15, 0.2) is 0 Å². The highest BCUT2D eigenvalue weighted by Crippen LogP contribution is 2.18. The molecule has 1 aliphatic heterocycles. The van der Waals surface area contributed by atoms with E-state index in [1.54, 1.807) is 7.11 Å². The lowest BCUT2D eigenvalue weighted by atomic mass is 10.1. The molecule has 0 saturated carbocycles. The molecule has 0 spiro atoms. The zero-order valence-electron chi connectivity index (χ0n) is 15.4. The van der Waals surface area contributed by atoms with Crippen molar-refractivity contribution in [3.05, 3.63) is 29.8 Å². The molecule has 146 valence electrons. The molecule has 1 aromatic carbocycles. The fraction of sp³-hybridized carbons (Fsp3) is 0.611. The predicted octanol–water partition coefficient (Wildman–Crippen LogP) is 1.18. The number of ether oxygens (including phenoxy) is 2. The third-order valence-electron chi connectivity index (χ3n) is 4.43. The molecule has 7 nitrogen and oxygen atoms in total. The van der Waals surface area contributed by atoms with Gasteiger partial charge in [0.1, 0.15) is 5.75 Å². The lowest BCUT2D eigenvalue weighted by Gasteiger charge is -2.20. The maximum Gasteiger partial charge on any atom is 0.221 e. The topological polar surface area (TPSA) is 84.9 Å². The van der Waals surface area contributed by atoms with Gasteiger partial charge in [-0.3, -0.25) is 4.79 Å². The number of sulfonamides is 1. The second-order valence-electron chi connectivity index (χ2n) is 6.41. The molecule has 8 heteroatoms. The van der Waals surface area contributed by atoms with Crippen molar-refractivity contribution < 1.29 is 22.7 Å². The van der Waals surface area contributed by atoms with E-state index in [9.17, 15) is 13.2 Å². The van der Waals surface area contributed by atoms with Gasteiger partial charge in [-0.1, -0.05) is 18.2 Å². The smallest absolute Gasteiger partial charge is 0.221 e. The summed E-state index contributed by atoms with van der Waals surface area (Å²) in [6, 6.07) is 7.52. The zero-order valence-corrected chi connectivity index (χ0v) is 16.3. The number of nitrogens with one attached hydrogen (secondary N) is 1. The van der Waals surface area contributed by atoms with E-state index in [0.29, 0.717) is 19.5 Å². The number of hydrogen-bond acceptors (Lipinski definition) is 5. The Morgan fingerprint density at radius 3 is 2.77 bits per heavy atom. The lowest BCUT2D eigenvalue weighted by molar-refractivity contribution is -0.121. The molecule has 2 rings (SSSR count). The molecule has 1 aromatic rings. The minimum Gasteiger partial charge on any atom is -0.496 e. The minimum absolute atomic E-state index is 0.0792. The van der Waals surface area contributed by atoms with E-state index in [1.165, 1.54) is 10.6 Å². The first kappa shape index (κ1) is 20.7. The van der Waals surface area contributed by atoms with Crippen LogP contribution in [0.3, 0.4) is 0 Å². The molecule has 1 fully saturated rings. The number of carbonyl (C=O) groups is 1. The minimum atomic E-state index is -3.39. The van der Waals surface area contributed by atoms with Crippen LogP contribution in [0.5, 0.6) is 5.75 Å². The number of benzene rings is 1. The third-order valence-corrected chi connectivity index (χ3v) is 5.73. The Bertz CT molecular complexity index is 687. The average Bonchev–Trinajstić information content (AvgIpc) is 3.12. The van der Waals surface area contributed by atoms with E-state index < -0.39 is 10.0 Å². The summed E-state index contributed by atoms with van der Waals surface area (Å²) in [5, 5.41) is 2.82. The van der Waals surface area contributed by atoms with Crippen LogP contribution in [0.2, 0.25) is 0 Å². The van der Waals surface area contributed by atoms with Gasteiger partial charge in [-0.2, -0.15) is 0 Å². The molecule has 1 saturated heterocycles. The summed E-state index contributed by atoms with van der Waals surface area (Å²) < 4.78 is 36.2. The van der Waals surface area contributed by atoms with Gasteiger partial charge in [0, 0.05) is 32.7 Å². The van der Waals surface area contributed by atoms with Crippen LogP contribution in [0.25, 0.3) is 0 Å². The largest absolute Gasteiger partial charge is 0.496 e. The molecule has 0 aromatic heterocycles. The summed E-state index contributed by atoms with van der Waals surface area (Å²) in [4.78, 5) is 12.0. The first-order valence-electron chi connectivity index (χ1n) is 8.85. The first-order chi connectivity index (χ1) is 12.4. The fourth-order valence-corrected chi connectivity index (χ4v) is 3.79. The molecule has 0 radical (unpaired) electrons. The highest BCUT2D eigenvalue weighted by molar-refractivity contribution is 7.88. The second kappa shape index (κ2) is 9.89. The standard InChI is InChI=1S/C18H28N2O5S/c1-24-17-8-4-3-6-15(17)9-11-20(26(2,22)23)12-10-18(21)19-14-16-7-5-13-25-16/h3-4,6,8,16H,5,7,9-14H2,1-2H3,(H,19,21). The maximum absolute atomic E-state index is 12.0. The van der Waals surface area contributed by atoms with Crippen molar-refractivity contribution in [2.45, 2.75) is 31.8 Å². The van der Waals surface area contributed by atoms with Gasteiger partial charge < -0.3 is 14.8 Å².